The number of ether oxygens (including phenoxy) is 3. The molecule has 8 heteroatoms. The van der Waals surface area contributed by atoms with E-state index in [1.165, 1.54) is 0 Å². The molecule has 0 radical (unpaired) electrons. The zero-order valence-corrected chi connectivity index (χ0v) is 21.7. The molecule has 0 bridgehead atoms. The second kappa shape index (κ2) is 10.6. The Morgan fingerprint density at radius 2 is 1.89 bits per heavy atom. The van der Waals surface area contributed by atoms with Crippen LogP contribution in [0.2, 0.25) is 0 Å². The van der Waals surface area contributed by atoms with Crippen molar-refractivity contribution in [3.63, 3.8) is 0 Å². The molecule has 0 spiro atoms. The van der Waals surface area contributed by atoms with Crippen molar-refractivity contribution >= 4 is 22.7 Å². The highest BCUT2D eigenvalue weighted by molar-refractivity contribution is 6.03. The van der Waals surface area contributed by atoms with Crippen LogP contribution in [-0.2, 0) is 22.6 Å². The normalized spacial score (nSPS) is 17.4. The third-order valence-electron chi connectivity index (χ3n) is 6.70. The van der Waals surface area contributed by atoms with Crippen LogP contribution in [0.1, 0.15) is 43.2 Å². The van der Waals surface area contributed by atoms with E-state index in [2.05, 4.69) is 5.32 Å². The Morgan fingerprint density at radius 3 is 2.61 bits per heavy atom. The van der Waals surface area contributed by atoms with Crippen molar-refractivity contribution in [1.29, 1.82) is 0 Å². The topological polar surface area (TPSA) is 82.0 Å². The summed E-state index contributed by atoms with van der Waals surface area (Å²) in [6.07, 6.45) is 0.831. The van der Waals surface area contributed by atoms with Crippen LogP contribution in [0, 0.1) is 0 Å². The first kappa shape index (κ1) is 25.6. The number of carbonyl (C=O) groups is 2. The van der Waals surface area contributed by atoms with Gasteiger partial charge in [-0.05, 0) is 45.4 Å². The fraction of sp³-hybridized carbons (Fsp3) is 0.429. The summed E-state index contributed by atoms with van der Waals surface area (Å²) < 4.78 is 18.6. The predicted molar refractivity (Wildman–Crippen MR) is 138 cm³/mol. The van der Waals surface area contributed by atoms with E-state index < -0.39 is 5.54 Å². The summed E-state index contributed by atoms with van der Waals surface area (Å²) in [5.74, 6) is 0.714. The number of aromatic nitrogens is 1. The molecule has 0 saturated heterocycles. The van der Waals surface area contributed by atoms with Crippen LogP contribution in [0.5, 0.6) is 11.5 Å². The van der Waals surface area contributed by atoms with Gasteiger partial charge in [-0.15, -0.1) is 0 Å². The lowest BCUT2D eigenvalue weighted by molar-refractivity contribution is -0.133. The second-order valence-electron chi connectivity index (χ2n) is 9.52. The molecular weight excluding hydrogens is 458 g/mol. The number of hydrogen-bond acceptors (Lipinski definition) is 5. The van der Waals surface area contributed by atoms with Gasteiger partial charge in [0.25, 0.3) is 5.91 Å². The van der Waals surface area contributed by atoms with Gasteiger partial charge in [0.15, 0.2) is 11.5 Å². The van der Waals surface area contributed by atoms with Crippen LogP contribution in [0.15, 0.2) is 48.5 Å². The number of nitrogens with one attached hydrogen (secondary N) is 1. The van der Waals surface area contributed by atoms with E-state index in [1.807, 2.05) is 73.9 Å². The molecule has 0 unspecified atom stereocenters. The summed E-state index contributed by atoms with van der Waals surface area (Å²) in [5.41, 5.74) is 1.13. The third kappa shape index (κ3) is 4.78. The van der Waals surface area contributed by atoms with E-state index in [1.54, 1.807) is 19.1 Å². The minimum absolute atomic E-state index is 0.142. The Hall–Kier alpha value is -3.52. The van der Waals surface area contributed by atoms with Gasteiger partial charge in [0, 0.05) is 29.6 Å². The van der Waals surface area contributed by atoms with Crippen LogP contribution in [-0.4, -0.2) is 60.3 Å². The lowest BCUT2D eigenvalue weighted by Gasteiger charge is -2.44. The monoisotopic (exact) mass is 493 g/mol. The fourth-order valence-corrected chi connectivity index (χ4v) is 4.79. The van der Waals surface area contributed by atoms with Gasteiger partial charge in [0.05, 0.1) is 33.4 Å². The van der Waals surface area contributed by atoms with Crippen molar-refractivity contribution in [2.24, 2.45) is 0 Å². The van der Waals surface area contributed by atoms with Crippen molar-refractivity contribution in [1.82, 2.24) is 14.8 Å². The lowest BCUT2D eigenvalue weighted by atomic mass is 9.93. The standard InChI is InChI=1S/C28H35N3O5/c1-19(2)36-15-9-14-29-27(33)28(3)18-30-22-12-7-6-10-20(22)16-23(30)26(32)31(28)17-21-11-8-13-24(34-4)25(21)35-5/h6-8,10-13,16,19H,9,14-15,17-18H2,1-5H3,(H,29,33)/t28-/m1/s1. The molecule has 3 aromatic rings. The van der Waals surface area contributed by atoms with E-state index in [-0.39, 0.29) is 24.5 Å². The zero-order chi connectivity index (χ0) is 25.9. The molecule has 8 nitrogen and oxygen atoms in total. The summed E-state index contributed by atoms with van der Waals surface area (Å²) in [7, 11) is 3.15. The smallest absolute Gasteiger partial charge is 0.271 e. The molecule has 0 saturated carbocycles. The third-order valence-corrected chi connectivity index (χ3v) is 6.70. The molecule has 2 aromatic carbocycles. The average molecular weight is 494 g/mol. The highest BCUT2D eigenvalue weighted by Crippen LogP contribution is 2.37. The number of amides is 2. The van der Waals surface area contributed by atoms with Gasteiger partial charge in [-0.3, -0.25) is 9.59 Å². The summed E-state index contributed by atoms with van der Waals surface area (Å²) in [6.45, 7) is 7.35. The summed E-state index contributed by atoms with van der Waals surface area (Å²) >= 11 is 0. The van der Waals surface area contributed by atoms with Gasteiger partial charge < -0.3 is 29.0 Å². The van der Waals surface area contributed by atoms with Crippen molar-refractivity contribution < 1.29 is 23.8 Å². The number of rotatable bonds is 10. The van der Waals surface area contributed by atoms with E-state index in [0.29, 0.717) is 43.3 Å². The first-order valence-electron chi connectivity index (χ1n) is 12.3. The maximum Gasteiger partial charge on any atom is 0.271 e. The van der Waals surface area contributed by atoms with E-state index in [4.69, 9.17) is 14.2 Å². The van der Waals surface area contributed by atoms with Crippen LogP contribution < -0.4 is 14.8 Å². The Morgan fingerprint density at radius 1 is 1.11 bits per heavy atom. The van der Waals surface area contributed by atoms with Crippen molar-refractivity contribution in [2.45, 2.75) is 51.9 Å². The molecule has 1 atom stereocenters. The van der Waals surface area contributed by atoms with Gasteiger partial charge in [0.2, 0.25) is 5.91 Å². The van der Waals surface area contributed by atoms with Gasteiger partial charge in [-0.1, -0.05) is 30.3 Å². The molecule has 192 valence electrons. The fourth-order valence-electron chi connectivity index (χ4n) is 4.79. The number of hydrogen-bond donors (Lipinski definition) is 1. The zero-order valence-electron chi connectivity index (χ0n) is 21.7. The summed E-state index contributed by atoms with van der Waals surface area (Å²) in [6, 6.07) is 15.3. The van der Waals surface area contributed by atoms with Crippen molar-refractivity contribution in [3.8, 4) is 11.5 Å². The lowest BCUT2D eigenvalue weighted by Crippen LogP contribution is -2.63. The Balaban J connectivity index is 1.69. The van der Waals surface area contributed by atoms with Crippen LogP contribution in [0.25, 0.3) is 10.9 Å². The van der Waals surface area contributed by atoms with Crippen LogP contribution in [0.4, 0.5) is 0 Å². The van der Waals surface area contributed by atoms with Gasteiger partial charge in [-0.25, -0.2) is 0 Å². The largest absolute Gasteiger partial charge is 0.493 e. The summed E-state index contributed by atoms with van der Waals surface area (Å²) in [4.78, 5) is 29.3. The van der Waals surface area contributed by atoms with Crippen molar-refractivity contribution in [2.75, 3.05) is 27.4 Å². The molecule has 1 N–H and O–H groups in total. The molecule has 0 fully saturated rings. The minimum Gasteiger partial charge on any atom is -0.493 e. The molecule has 2 heterocycles. The number of carbonyl (C=O) groups excluding carboxylic acids is 2. The Kier molecular flexibility index (Phi) is 7.54. The molecular formula is C28H35N3O5. The maximum atomic E-state index is 13.9. The number of para-hydroxylation sites is 2. The van der Waals surface area contributed by atoms with Crippen LogP contribution >= 0.6 is 0 Å². The van der Waals surface area contributed by atoms with Crippen molar-refractivity contribution in [3.05, 3.63) is 59.8 Å². The average Bonchev–Trinajstić information content (AvgIpc) is 3.24. The number of benzene rings is 2. The second-order valence-corrected chi connectivity index (χ2v) is 9.52. The predicted octanol–water partition coefficient (Wildman–Crippen LogP) is 4.00. The van der Waals surface area contributed by atoms with Gasteiger partial charge in [0.1, 0.15) is 11.2 Å². The number of nitrogens with zero attached hydrogens (tertiary/aromatic N) is 2. The molecule has 1 aliphatic rings. The highest BCUT2D eigenvalue weighted by atomic mass is 16.5. The summed E-state index contributed by atoms with van der Waals surface area (Å²) in [5, 5.41) is 4.01. The van der Waals surface area contributed by atoms with Gasteiger partial charge in [-0.2, -0.15) is 0 Å². The number of fused-ring (bicyclic) bond motifs is 3. The molecule has 2 amide bonds. The molecule has 4 rings (SSSR count). The maximum absolute atomic E-state index is 13.9. The Labute approximate surface area is 212 Å². The van der Waals surface area contributed by atoms with Gasteiger partial charge >= 0.3 is 0 Å². The Bertz CT molecular complexity index is 1250. The number of methoxy groups -OCH3 is 2. The molecule has 1 aliphatic heterocycles. The SMILES string of the molecule is COc1cccc(CN2C(=O)c3cc4ccccc4n3C[C@]2(C)C(=O)NCCCOC(C)C)c1OC. The highest BCUT2D eigenvalue weighted by Gasteiger charge is 2.47. The molecule has 36 heavy (non-hydrogen) atoms. The van der Waals surface area contributed by atoms with E-state index in [0.717, 1.165) is 16.5 Å². The minimum atomic E-state index is -1.13. The first-order chi connectivity index (χ1) is 17.3. The molecule has 0 aliphatic carbocycles. The molecule has 1 aromatic heterocycles. The van der Waals surface area contributed by atoms with E-state index >= 15 is 0 Å². The van der Waals surface area contributed by atoms with E-state index in [9.17, 15) is 9.59 Å². The quantitative estimate of drug-likeness (QED) is 0.432. The van der Waals surface area contributed by atoms with Crippen LogP contribution in [0.3, 0.4) is 0 Å². The first-order valence-corrected chi connectivity index (χ1v) is 12.3.